The van der Waals surface area contributed by atoms with E-state index in [1.165, 1.54) is 0 Å². The number of nitrogen functional groups attached to an aromatic ring is 1. The minimum absolute atomic E-state index is 0.323. The maximum absolute atomic E-state index is 5.93. The number of aromatic nitrogens is 5. The van der Waals surface area contributed by atoms with E-state index in [-0.39, 0.29) is 0 Å². The van der Waals surface area contributed by atoms with Crippen molar-refractivity contribution in [2.24, 2.45) is 0 Å². The van der Waals surface area contributed by atoms with Crippen LogP contribution in [-0.4, -0.2) is 24.7 Å². The highest BCUT2D eigenvalue weighted by molar-refractivity contribution is 9.10. The van der Waals surface area contributed by atoms with Crippen molar-refractivity contribution in [3.05, 3.63) is 59.1 Å². The van der Waals surface area contributed by atoms with Gasteiger partial charge in [-0.3, -0.25) is 4.98 Å². The van der Waals surface area contributed by atoms with E-state index >= 15 is 0 Å². The minimum atomic E-state index is 0.323. The number of halogens is 1. The first-order valence-corrected chi connectivity index (χ1v) is 8.12. The molecule has 0 saturated carbocycles. The highest BCUT2D eigenvalue weighted by atomic mass is 79.9. The molecule has 7 heteroatoms. The first kappa shape index (κ1) is 14.8. The Kier molecular flexibility index (Phi) is 3.50. The molecule has 0 amide bonds. The predicted molar refractivity (Wildman–Crippen MR) is 96.7 cm³/mol. The number of rotatable bonds is 2. The molecule has 0 radical (unpaired) electrons. The molecule has 0 aliphatic carbocycles. The summed E-state index contributed by atoms with van der Waals surface area (Å²) in [6.45, 7) is 1.92. The van der Waals surface area contributed by atoms with Crippen LogP contribution in [0.4, 0.5) is 5.82 Å². The normalized spacial score (nSPS) is 11.1. The van der Waals surface area contributed by atoms with Crippen molar-refractivity contribution in [1.29, 1.82) is 0 Å². The van der Waals surface area contributed by atoms with Crippen LogP contribution in [0.25, 0.3) is 28.0 Å². The number of fused-ring (bicyclic) bond motifs is 1. The van der Waals surface area contributed by atoms with Crippen LogP contribution in [0.2, 0.25) is 0 Å². The first-order chi connectivity index (χ1) is 11.6. The van der Waals surface area contributed by atoms with Crippen LogP contribution in [0.5, 0.6) is 0 Å². The van der Waals surface area contributed by atoms with Gasteiger partial charge in [0.15, 0.2) is 11.6 Å². The van der Waals surface area contributed by atoms with Crippen molar-refractivity contribution < 1.29 is 0 Å². The Morgan fingerprint density at radius 3 is 2.79 bits per heavy atom. The van der Waals surface area contributed by atoms with Gasteiger partial charge in [0.1, 0.15) is 10.3 Å². The Bertz CT molecular complexity index is 1060. The molecule has 0 unspecified atom stereocenters. The summed E-state index contributed by atoms with van der Waals surface area (Å²) in [5.41, 5.74) is 9.38. The number of pyridine rings is 1. The van der Waals surface area contributed by atoms with Gasteiger partial charge in [-0.2, -0.15) is 5.10 Å². The maximum Gasteiger partial charge on any atom is 0.182 e. The molecule has 6 nitrogen and oxygen atoms in total. The van der Waals surface area contributed by atoms with Gasteiger partial charge in [0.2, 0.25) is 0 Å². The molecule has 1 aromatic carbocycles. The SMILES string of the molecule is Cc1ccn(-c2nc(N)c(Br)nc2-c2ccc3ncccc3c2)n1. The number of hydrogen-bond acceptors (Lipinski definition) is 5. The number of nitrogens with two attached hydrogens (primary N) is 1. The van der Waals surface area contributed by atoms with Crippen molar-refractivity contribution in [1.82, 2.24) is 24.7 Å². The lowest BCUT2D eigenvalue weighted by Gasteiger charge is -2.11. The molecule has 4 aromatic rings. The summed E-state index contributed by atoms with van der Waals surface area (Å²) in [5, 5.41) is 5.47. The lowest BCUT2D eigenvalue weighted by atomic mass is 10.1. The summed E-state index contributed by atoms with van der Waals surface area (Å²) in [5.74, 6) is 0.913. The summed E-state index contributed by atoms with van der Waals surface area (Å²) in [7, 11) is 0. The van der Waals surface area contributed by atoms with Crippen LogP contribution < -0.4 is 5.73 Å². The quantitative estimate of drug-likeness (QED) is 0.574. The summed E-state index contributed by atoms with van der Waals surface area (Å²) >= 11 is 3.36. The van der Waals surface area contributed by atoms with E-state index < -0.39 is 0 Å². The second-order valence-electron chi connectivity index (χ2n) is 5.38. The summed E-state index contributed by atoms with van der Waals surface area (Å²) in [6, 6.07) is 11.8. The summed E-state index contributed by atoms with van der Waals surface area (Å²) in [4.78, 5) is 13.4. The highest BCUT2D eigenvalue weighted by Gasteiger charge is 2.15. The van der Waals surface area contributed by atoms with Crippen molar-refractivity contribution in [2.75, 3.05) is 5.73 Å². The smallest absolute Gasteiger partial charge is 0.182 e. The van der Waals surface area contributed by atoms with Crippen LogP contribution in [0.15, 0.2) is 53.4 Å². The molecule has 0 spiro atoms. The third kappa shape index (κ3) is 2.52. The molecule has 0 fully saturated rings. The molecule has 4 rings (SSSR count). The molecule has 3 heterocycles. The van der Waals surface area contributed by atoms with E-state index in [1.54, 1.807) is 10.9 Å². The van der Waals surface area contributed by atoms with Crippen LogP contribution in [-0.2, 0) is 0 Å². The number of nitrogens with zero attached hydrogens (tertiary/aromatic N) is 5. The Hall–Kier alpha value is -2.80. The van der Waals surface area contributed by atoms with Gasteiger partial charge >= 0.3 is 0 Å². The number of aryl methyl sites for hydroxylation is 1. The van der Waals surface area contributed by atoms with Crippen molar-refractivity contribution in [3.63, 3.8) is 0 Å². The van der Waals surface area contributed by atoms with Gasteiger partial charge in [-0.05, 0) is 47.1 Å². The van der Waals surface area contributed by atoms with E-state index in [9.17, 15) is 0 Å². The molecule has 0 saturated heterocycles. The van der Waals surface area contributed by atoms with Gasteiger partial charge in [-0.1, -0.05) is 12.1 Å². The van der Waals surface area contributed by atoms with Gasteiger partial charge < -0.3 is 5.73 Å². The Labute approximate surface area is 146 Å². The summed E-state index contributed by atoms with van der Waals surface area (Å²) in [6.07, 6.45) is 3.62. The Morgan fingerprint density at radius 2 is 2.00 bits per heavy atom. The molecule has 118 valence electrons. The Balaban J connectivity index is 1.97. The molecular formula is C17H13BrN6. The second kappa shape index (κ2) is 5.68. The van der Waals surface area contributed by atoms with Crippen molar-refractivity contribution in [2.45, 2.75) is 6.92 Å². The van der Waals surface area contributed by atoms with Crippen molar-refractivity contribution >= 4 is 32.7 Å². The fourth-order valence-electron chi connectivity index (χ4n) is 2.53. The van der Waals surface area contributed by atoms with Gasteiger partial charge in [-0.25, -0.2) is 14.6 Å². The fourth-order valence-corrected chi connectivity index (χ4v) is 2.79. The molecular weight excluding hydrogens is 368 g/mol. The largest absolute Gasteiger partial charge is 0.381 e. The third-order valence-electron chi connectivity index (χ3n) is 3.68. The number of hydrogen-bond donors (Lipinski definition) is 1. The molecule has 0 aliphatic heterocycles. The lowest BCUT2D eigenvalue weighted by Crippen LogP contribution is -2.07. The van der Waals surface area contributed by atoms with Crippen LogP contribution >= 0.6 is 15.9 Å². The molecule has 0 aliphatic rings. The highest BCUT2D eigenvalue weighted by Crippen LogP contribution is 2.29. The Morgan fingerprint density at radius 1 is 1.12 bits per heavy atom. The maximum atomic E-state index is 5.93. The molecule has 2 N–H and O–H groups in total. The van der Waals surface area contributed by atoms with Gasteiger partial charge in [-0.15, -0.1) is 0 Å². The van der Waals surface area contributed by atoms with E-state index in [2.05, 4.69) is 36.0 Å². The van der Waals surface area contributed by atoms with E-state index in [4.69, 9.17) is 5.73 Å². The fraction of sp³-hybridized carbons (Fsp3) is 0.0588. The van der Waals surface area contributed by atoms with Gasteiger partial charge in [0.25, 0.3) is 0 Å². The van der Waals surface area contributed by atoms with Crippen LogP contribution in [0.1, 0.15) is 5.69 Å². The molecule has 0 bridgehead atoms. The van der Waals surface area contributed by atoms with E-state index in [0.29, 0.717) is 21.9 Å². The first-order valence-electron chi connectivity index (χ1n) is 7.32. The standard InChI is InChI=1S/C17H13BrN6/c1-10-6-8-24(23-10)17-14(21-15(18)16(19)22-17)12-4-5-13-11(9-12)3-2-7-20-13/h2-9H,1H3,(H2,19,22). The van der Waals surface area contributed by atoms with Crippen LogP contribution in [0, 0.1) is 6.92 Å². The predicted octanol–water partition coefficient (Wildman–Crippen LogP) is 3.53. The monoisotopic (exact) mass is 380 g/mol. The number of anilines is 1. The zero-order valence-electron chi connectivity index (χ0n) is 12.8. The van der Waals surface area contributed by atoms with E-state index in [0.717, 1.165) is 22.2 Å². The molecule has 0 atom stereocenters. The minimum Gasteiger partial charge on any atom is -0.381 e. The lowest BCUT2D eigenvalue weighted by molar-refractivity contribution is 0.827. The van der Waals surface area contributed by atoms with Crippen molar-refractivity contribution in [3.8, 4) is 17.1 Å². The average molecular weight is 381 g/mol. The van der Waals surface area contributed by atoms with Gasteiger partial charge in [0, 0.05) is 23.3 Å². The zero-order chi connectivity index (χ0) is 16.7. The summed E-state index contributed by atoms with van der Waals surface area (Å²) < 4.78 is 2.20. The molecule has 24 heavy (non-hydrogen) atoms. The average Bonchev–Trinajstić information content (AvgIpc) is 3.03. The zero-order valence-corrected chi connectivity index (χ0v) is 14.4. The second-order valence-corrected chi connectivity index (χ2v) is 6.14. The third-order valence-corrected chi connectivity index (χ3v) is 4.26. The molecule has 3 aromatic heterocycles. The van der Waals surface area contributed by atoms with Crippen LogP contribution in [0.3, 0.4) is 0 Å². The van der Waals surface area contributed by atoms with Gasteiger partial charge in [0.05, 0.1) is 11.2 Å². The topological polar surface area (TPSA) is 82.5 Å². The number of benzene rings is 1. The van der Waals surface area contributed by atoms with E-state index in [1.807, 2.05) is 49.5 Å².